The zero-order valence-corrected chi connectivity index (χ0v) is 8.92. The fraction of sp³-hybridized carbons (Fsp3) is 0.0909. The van der Waals surface area contributed by atoms with Crippen LogP contribution in [-0.2, 0) is 0 Å². The summed E-state index contributed by atoms with van der Waals surface area (Å²) in [7, 11) is 0. The topological polar surface area (TPSA) is 20.2 Å². The molecule has 0 spiro atoms. The van der Waals surface area contributed by atoms with Gasteiger partial charge in [0.2, 0.25) is 0 Å². The van der Waals surface area contributed by atoms with E-state index in [1.54, 1.807) is 6.07 Å². The van der Waals surface area contributed by atoms with E-state index >= 15 is 0 Å². The molecule has 1 atom stereocenters. The van der Waals surface area contributed by atoms with Gasteiger partial charge in [0.15, 0.2) is 0 Å². The highest BCUT2D eigenvalue weighted by molar-refractivity contribution is 7.10. The lowest BCUT2D eigenvalue weighted by Gasteiger charge is -2.10. The first-order chi connectivity index (χ1) is 6.79. The third kappa shape index (κ3) is 1.82. The second-order valence-electron chi connectivity index (χ2n) is 2.94. The molecule has 0 aliphatic rings. The lowest BCUT2D eigenvalue weighted by Crippen LogP contribution is -1.97. The highest BCUT2D eigenvalue weighted by atomic mass is 35.5. The van der Waals surface area contributed by atoms with Gasteiger partial charge in [-0.15, -0.1) is 11.3 Å². The zero-order chi connectivity index (χ0) is 9.97. The summed E-state index contributed by atoms with van der Waals surface area (Å²) in [5.41, 5.74) is 0.761. The van der Waals surface area contributed by atoms with E-state index in [1.165, 1.54) is 11.3 Å². The van der Waals surface area contributed by atoms with Crippen LogP contribution in [0.15, 0.2) is 41.8 Å². The first kappa shape index (κ1) is 9.71. The Morgan fingerprint density at radius 3 is 2.57 bits per heavy atom. The molecule has 1 aromatic carbocycles. The molecule has 0 saturated heterocycles. The summed E-state index contributed by atoms with van der Waals surface area (Å²) in [5.74, 6) is 0. The first-order valence-electron chi connectivity index (χ1n) is 4.25. The lowest BCUT2D eigenvalue weighted by atomic mass is 10.1. The zero-order valence-electron chi connectivity index (χ0n) is 7.35. The Morgan fingerprint density at radius 2 is 1.93 bits per heavy atom. The van der Waals surface area contributed by atoms with Crippen LogP contribution in [0.4, 0.5) is 0 Å². The first-order valence-corrected chi connectivity index (χ1v) is 5.50. The fourth-order valence-corrected chi connectivity index (χ4v) is 2.26. The highest BCUT2D eigenvalue weighted by Crippen LogP contribution is 2.30. The molecule has 0 amide bonds. The molecule has 0 aliphatic carbocycles. The van der Waals surface area contributed by atoms with Crippen molar-refractivity contribution in [3.05, 3.63) is 57.2 Å². The average molecular weight is 225 g/mol. The van der Waals surface area contributed by atoms with Gasteiger partial charge in [-0.25, -0.2) is 0 Å². The number of hydrogen-bond acceptors (Lipinski definition) is 2. The van der Waals surface area contributed by atoms with Gasteiger partial charge in [0.25, 0.3) is 0 Å². The summed E-state index contributed by atoms with van der Waals surface area (Å²) >= 11 is 7.51. The van der Waals surface area contributed by atoms with E-state index in [2.05, 4.69) is 0 Å². The maximum atomic E-state index is 9.99. The molecule has 1 N–H and O–H groups in total. The SMILES string of the molecule is OC(c1cccs1)c1ccccc1Cl. The van der Waals surface area contributed by atoms with Crippen molar-refractivity contribution in [1.82, 2.24) is 0 Å². The van der Waals surface area contributed by atoms with E-state index in [-0.39, 0.29) is 0 Å². The second kappa shape index (κ2) is 4.13. The lowest BCUT2D eigenvalue weighted by molar-refractivity contribution is 0.224. The van der Waals surface area contributed by atoms with Gasteiger partial charge in [0, 0.05) is 15.5 Å². The van der Waals surface area contributed by atoms with Gasteiger partial charge < -0.3 is 5.11 Å². The van der Waals surface area contributed by atoms with Crippen molar-refractivity contribution >= 4 is 22.9 Å². The summed E-state index contributed by atoms with van der Waals surface area (Å²) in [6.45, 7) is 0. The molecule has 0 saturated carbocycles. The van der Waals surface area contributed by atoms with Gasteiger partial charge in [-0.05, 0) is 17.5 Å². The van der Waals surface area contributed by atoms with E-state index in [0.717, 1.165) is 10.4 Å². The molecular formula is C11H9ClOS. The summed E-state index contributed by atoms with van der Waals surface area (Å²) in [5, 5.41) is 12.5. The molecule has 0 aliphatic heterocycles. The summed E-state index contributed by atoms with van der Waals surface area (Å²) in [6, 6.07) is 11.2. The minimum atomic E-state index is -0.608. The van der Waals surface area contributed by atoms with Crippen LogP contribution in [-0.4, -0.2) is 5.11 Å². The van der Waals surface area contributed by atoms with Crippen LogP contribution in [0.5, 0.6) is 0 Å². The third-order valence-electron chi connectivity index (χ3n) is 2.01. The van der Waals surface area contributed by atoms with Crippen LogP contribution >= 0.6 is 22.9 Å². The number of rotatable bonds is 2. The van der Waals surface area contributed by atoms with Crippen LogP contribution in [0.3, 0.4) is 0 Å². The van der Waals surface area contributed by atoms with Crippen LogP contribution in [0, 0.1) is 0 Å². The fourth-order valence-electron chi connectivity index (χ4n) is 1.30. The summed E-state index contributed by atoms with van der Waals surface area (Å²) in [4.78, 5) is 0.915. The number of thiophene rings is 1. The van der Waals surface area contributed by atoms with Crippen molar-refractivity contribution in [2.75, 3.05) is 0 Å². The van der Waals surface area contributed by atoms with Crippen LogP contribution in [0.2, 0.25) is 5.02 Å². The minimum absolute atomic E-state index is 0.605. The van der Waals surface area contributed by atoms with Gasteiger partial charge in [-0.2, -0.15) is 0 Å². The molecule has 0 bridgehead atoms. The molecule has 0 radical (unpaired) electrons. The Balaban J connectivity index is 2.37. The maximum Gasteiger partial charge on any atom is 0.115 e. The number of halogens is 1. The van der Waals surface area contributed by atoms with Gasteiger partial charge >= 0.3 is 0 Å². The van der Waals surface area contributed by atoms with E-state index in [4.69, 9.17) is 11.6 Å². The predicted molar refractivity (Wildman–Crippen MR) is 59.8 cm³/mol. The summed E-state index contributed by atoms with van der Waals surface area (Å²) < 4.78 is 0. The van der Waals surface area contributed by atoms with E-state index < -0.39 is 6.10 Å². The van der Waals surface area contributed by atoms with Crippen LogP contribution in [0.25, 0.3) is 0 Å². The monoisotopic (exact) mass is 224 g/mol. The van der Waals surface area contributed by atoms with Crippen molar-refractivity contribution < 1.29 is 5.11 Å². The van der Waals surface area contributed by atoms with Crippen LogP contribution < -0.4 is 0 Å². The molecule has 2 rings (SSSR count). The predicted octanol–water partition coefficient (Wildman–Crippen LogP) is 3.48. The second-order valence-corrected chi connectivity index (χ2v) is 4.33. The van der Waals surface area contributed by atoms with Crippen molar-refractivity contribution in [3.63, 3.8) is 0 Å². The van der Waals surface area contributed by atoms with E-state index in [9.17, 15) is 5.11 Å². The van der Waals surface area contributed by atoms with E-state index in [1.807, 2.05) is 35.7 Å². The Hall–Kier alpha value is -0.830. The summed E-state index contributed by atoms with van der Waals surface area (Å²) in [6.07, 6.45) is -0.608. The average Bonchev–Trinajstić information content (AvgIpc) is 2.70. The Bertz CT molecular complexity index is 411. The highest BCUT2D eigenvalue weighted by Gasteiger charge is 2.13. The molecule has 72 valence electrons. The normalized spacial score (nSPS) is 12.7. The number of hydrogen-bond donors (Lipinski definition) is 1. The Kier molecular flexibility index (Phi) is 2.87. The molecule has 3 heteroatoms. The molecule has 0 fully saturated rings. The van der Waals surface area contributed by atoms with Gasteiger partial charge in [0.1, 0.15) is 6.10 Å². The Labute approximate surface area is 91.6 Å². The number of benzene rings is 1. The number of aliphatic hydroxyl groups is 1. The van der Waals surface area contributed by atoms with E-state index in [0.29, 0.717) is 5.02 Å². The van der Waals surface area contributed by atoms with Gasteiger partial charge in [0.05, 0.1) is 0 Å². The van der Waals surface area contributed by atoms with Crippen molar-refractivity contribution in [2.45, 2.75) is 6.10 Å². The van der Waals surface area contributed by atoms with Crippen LogP contribution in [0.1, 0.15) is 16.5 Å². The third-order valence-corrected chi connectivity index (χ3v) is 3.28. The minimum Gasteiger partial charge on any atom is -0.383 e. The van der Waals surface area contributed by atoms with Crippen molar-refractivity contribution in [1.29, 1.82) is 0 Å². The molecule has 14 heavy (non-hydrogen) atoms. The molecule has 1 aromatic heterocycles. The quantitative estimate of drug-likeness (QED) is 0.828. The molecule has 1 nitrogen and oxygen atoms in total. The van der Waals surface area contributed by atoms with Gasteiger partial charge in [-0.1, -0.05) is 35.9 Å². The standard InChI is InChI=1S/C11H9ClOS/c12-9-5-2-1-4-8(9)11(13)10-6-3-7-14-10/h1-7,11,13H. The molecular weight excluding hydrogens is 216 g/mol. The van der Waals surface area contributed by atoms with Crippen molar-refractivity contribution in [2.24, 2.45) is 0 Å². The molecule has 2 aromatic rings. The largest absolute Gasteiger partial charge is 0.383 e. The molecule has 1 heterocycles. The van der Waals surface area contributed by atoms with Crippen molar-refractivity contribution in [3.8, 4) is 0 Å². The number of aliphatic hydroxyl groups excluding tert-OH is 1. The Morgan fingerprint density at radius 1 is 1.14 bits per heavy atom. The molecule has 1 unspecified atom stereocenters. The van der Waals surface area contributed by atoms with Gasteiger partial charge in [-0.3, -0.25) is 0 Å². The maximum absolute atomic E-state index is 9.99. The smallest absolute Gasteiger partial charge is 0.115 e.